The first-order chi connectivity index (χ1) is 16.7. The molecule has 0 amide bonds. The Labute approximate surface area is 216 Å². The summed E-state index contributed by atoms with van der Waals surface area (Å²) in [6.45, 7) is 24.4. The zero-order valence-electron chi connectivity index (χ0n) is 23.7. The fourth-order valence-electron chi connectivity index (χ4n) is 3.61. The van der Waals surface area contributed by atoms with E-state index in [1.165, 1.54) is 48.0 Å². The molecular weight excluding hydrogens is 424 g/mol. The summed E-state index contributed by atoms with van der Waals surface area (Å²) in [7, 11) is 0. The molecule has 190 valence electrons. The van der Waals surface area contributed by atoms with E-state index in [0.717, 1.165) is 41.2 Å². The monoisotopic (exact) mass is 472 g/mol. The topological polar surface area (TPSA) is 36.1 Å². The predicted molar refractivity (Wildman–Crippen MR) is 157 cm³/mol. The van der Waals surface area contributed by atoms with Crippen molar-refractivity contribution in [1.82, 2.24) is 0 Å². The Morgan fingerprint density at radius 1 is 1.06 bits per heavy atom. The molecule has 0 aromatic heterocycles. The second-order valence-electron chi connectivity index (χ2n) is 9.20. The zero-order valence-corrected chi connectivity index (χ0v) is 23.7. The van der Waals surface area contributed by atoms with Crippen molar-refractivity contribution in [2.75, 3.05) is 0 Å². The molecule has 0 heterocycles. The summed E-state index contributed by atoms with van der Waals surface area (Å²) < 4.78 is 0. The van der Waals surface area contributed by atoms with Gasteiger partial charge in [-0.2, -0.15) is 5.26 Å². The molecule has 1 aliphatic rings. The standard InChI is InChI=1S/C12H21N.C12H18.C9H9N/c1-6-9-10(4)12(7-2)11(5)13-8-3;1-4-10(3)6-7-11(5-2)12-8-9-12;1-7-3-4-8(2)9(5-7)6-10/h8H,3,6-7,9H2,1-2,4-5H3;5-7,12H,2,4,8-9H2,1,3H3;3-5H,1-2H3/b12-10+,13-11?;10-6+,11-7+;. The third kappa shape index (κ3) is 13.5. The van der Waals surface area contributed by atoms with E-state index in [-0.39, 0.29) is 0 Å². The van der Waals surface area contributed by atoms with Gasteiger partial charge in [-0.15, -0.1) is 0 Å². The second-order valence-corrected chi connectivity index (χ2v) is 9.20. The van der Waals surface area contributed by atoms with Crippen LogP contribution < -0.4 is 0 Å². The number of rotatable bonds is 9. The largest absolute Gasteiger partial charge is 0.262 e. The third-order valence-electron chi connectivity index (χ3n) is 6.13. The molecule has 0 radical (unpaired) electrons. The average molecular weight is 473 g/mol. The van der Waals surface area contributed by atoms with Crippen LogP contribution in [0, 0.1) is 31.1 Å². The number of hydrogen-bond acceptors (Lipinski definition) is 2. The minimum Gasteiger partial charge on any atom is -0.262 e. The molecule has 0 spiro atoms. The van der Waals surface area contributed by atoms with Gasteiger partial charge in [-0.05, 0) is 101 Å². The number of nitriles is 1. The van der Waals surface area contributed by atoms with Crippen LogP contribution in [-0.4, -0.2) is 5.71 Å². The quantitative estimate of drug-likeness (QED) is 0.260. The number of hydrogen-bond donors (Lipinski definition) is 0. The Kier molecular flexibility index (Phi) is 16.9. The molecule has 1 aromatic carbocycles. The number of aryl methyl sites for hydroxylation is 2. The first-order valence-corrected chi connectivity index (χ1v) is 13.0. The van der Waals surface area contributed by atoms with E-state index < -0.39 is 0 Å². The lowest BCUT2D eigenvalue weighted by atomic mass is 9.99. The van der Waals surface area contributed by atoms with Gasteiger partial charge < -0.3 is 0 Å². The highest BCUT2D eigenvalue weighted by Gasteiger charge is 2.23. The minimum atomic E-state index is 0.778. The van der Waals surface area contributed by atoms with Crippen molar-refractivity contribution in [1.29, 1.82) is 5.26 Å². The Morgan fingerprint density at radius 2 is 1.71 bits per heavy atom. The molecule has 2 nitrogen and oxygen atoms in total. The van der Waals surface area contributed by atoms with Crippen LogP contribution in [0.2, 0.25) is 0 Å². The van der Waals surface area contributed by atoms with Crippen LogP contribution in [0.4, 0.5) is 0 Å². The van der Waals surface area contributed by atoms with Gasteiger partial charge >= 0.3 is 0 Å². The Bertz CT molecular complexity index is 973. The molecule has 35 heavy (non-hydrogen) atoms. The molecule has 1 fully saturated rings. The predicted octanol–water partition coefficient (Wildman–Crippen LogP) is 10.2. The van der Waals surface area contributed by atoms with Gasteiger partial charge in [-0.1, -0.05) is 81.9 Å². The normalized spacial score (nSPS) is 14.4. The molecule has 0 bridgehead atoms. The van der Waals surface area contributed by atoms with Crippen LogP contribution in [0.25, 0.3) is 0 Å². The fraction of sp³-hybridized carbons (Fsp3) is 0.455. The number of aliphatic imine (C=N–C) groups is 1. The summed E-state index contributed by atoms with van der Waals surface area (Å²) >= 11 is 0. The van der Waals surface area contributed by atoms with Crippen LogP contribution in [0.5, 0.6) is 0 Å². The van der Waals surface area contributed by atoms with E-state index in [0.29, 0.717) is 0 Å². The van der Waals surface area contributed by atoms with Crippen molar-refractivity contribution in [2.45, 2.75) is 93.9 Å². The molecule has 1 aromatic rings. The lowest BCUT2D eigenvalue weighted by Crippen LogP contribution is -1.99. The first kappa shape index (κ1) is 32.1. The van der Waals surface area contributed by atoms with Crippen molar-refractivity contribution < 1.29 is 0 Å². The SMILES string of the molecule is C=C/C(=C\C=C(/C)CC)C1CC1.C=CN=C(C)/C(CC)=C(\C)CCC.Cc1ccc(C)c(C#N)c1. The third-order valence-corrected chi connectivity index (χ3v) is 6.13. The Hall–Kier alpha value is -2.92. The minimum absolute atomic E-state index is 0.778. The number of nitrogens with zero attached hydrogens (tertiary/aromatic N) is 2. The van der Waals surface area contributed by atoms with E-state index in [1.54, 1.807) is 6.20 Å². The molecule has 0 saturated heterocycles. The smallest absolute Gasteiger partial charge is 0.0994 e. The molecule has 0 unspecified atom stereocenters. The van der Waals surface area contributed by atoms with E-state index in [4.69, 9.17) is 5.26 Å². The Balaban J connectivity index is 0.000000499. The molecule has 0 aliphatic heterocycles. The summed E-state index contributed by atoms with van der Waals surface area (Å²) in [6.07, 6.45) is 15.4. The summed E-state index contributed by atoms with van der Waals surface area (Å²) in [5, 5.41) is 8.59. The number of benzene rings is 1. The molecule has 2 heteroatoms. The van der Waals surface area contributed by atoms with Gasteiger partial charge in [0.15, 0.2) is 0 Å². The maximum Gasteiger partial charge on any atom is 0.0994 e. The highest BCUT2D eigenvalue weighted by atomic mass is 14.7. The fourth-order valence-corrected chi connectivity index (χ4v) is 3.61. The van der Waals surface area contributed by atoms with Gasteiger partial charge in [0.25, 0.3) is 0 Å². The van der Waals surface area contributed by atoms with E-state index in [2.05, 4.69) is 77.9 Å². The summed E-state index contributed by atoms with van der Waals surface area (Å²) in [4.78, 5) is 4.22. The number of allylic oxidation sites excluding steroid dienone is 7. The second kappa shape index (κ2) is 18.4. The van der Waals surface area contributed by atoms with Gasteiger partial charge in [-0.25, -0.2) is 0 Å². The highest BCUT2D eigenvalue weighted by Crippen LogP contribution is 2.36. The maximum absolute atomic E-state index is 8.59. The van der Waals surface area contributed by atoms with Gasteiger partial charge in [0.1, 0.15) is 0 Å². The average Bonchev–Trinajstić information content (AvgIpc) is 3.68. The molecule has 1 saturated carbocycles. The molecule has 2 rings (SSSR count). The molecule has 1 aliphatic carbocycles. The lowest BCUT2D eigenvalue weighted by molar-refractivity contribution is 0.887. The summed E-state index contributed by atoms with van der Waals surface area (Å²) in [5.41, 5.74) is 9.80. The van der Waals surface area contributed by atoms with Crippen molar-refractivity contribution in [3.05, 3.63) is 94.8 Å². The van der Waals surface area contributed by atoms with Gasteiger partial charge in [0, 0.05) is 11.9 Å². The maximum atomic E-state index is 8.59. The van der Waals surface area contributed by atoms with Gasteiger partial charge in [0.2, 0.25) is 0 Å². The van der Waals surface area contributed by atoms with Crippen molar-refractivity contribution in [3.63, 3.8) is 0 Å². The van der Waals surface area contributed by atoms with E-state index >= 15 is 0 Å². The van der Waals surface area contributed by atoms with E-state index in [1.807, 2.05) is 38.1 Å². The summed E-state index contributed by atoms with van der Waals surface area (Å²) in [5.74, 6) is 0.823. The molecule has 0 N–H and O–H groups in total. The van der Waals surface area contributed by atoms with Crippen LogP contribution in [0.3, 0.4) is 0 Å². The zero-order chi connectivity index (χ0) is 26.8. The van der Waals surface area contributed by atoms with Crippen LogP contribution in [0.1, 0.15) is 96.8 Å². The molecule has 0 atom stereocenters. The van der Waals surface area contributed by atoms with Crippen molar-refractivity contribution in [2.24, 2.45) is 10.9 Å². The van der Waals surface area contributed by atoms with E-state index in [9.17, 15) is 0 Å². The van der Waals surface area contributed by atoms with Crippen molar-refractivity contribution in [3.8, 4) is 6.07 Å². The van der Waals surface area contributed by atoms with Gasteiger partial charge in [-0.3, -0.25) is 4.99 Å². The summed E-state index contributed by atoms with van der Waals surface area (Å²) in [6, 6.07) is 8.01. The van der Waals surface area contributed by atoms with Crippen LogP contribution in [-0.2, 0) is 0 Å². The van der Waals surface area contributed by atoms with Crippen LogP contribution in [0.15, 0.2) is 83.1 Å². The van der Waals surface area contributed by atoms with Crippen molar-refractivity contribution >= 4 is 5.71 Å². The molecular formula is C33H48N2. The lowest BCUT2D eigenvalue weighted by Gasteiger charge is -2.08. The van der Waals surface area contributed by atoms with Crippen LogP contribution >= 0.6 is 0 Å². The van der Waals surface area contributed by atoms with Gasteiger partial charge in [0.05, 0.1) is 11.6 Å². The first-order valence-electron chi connectivity index (χ1n) is 13.0. The Morgan fingerprint density at radius 3 is 2.14 bits per heavy atom. The highest BCUT2D eigenvalue weighted by molar-refractivity contribution is 5.99.